The maximum Gasteiger partial charge on any atom is 0.274 e. The number of nitrogens with zero attached hydrogens (tertiary/aromatic N) is 1. The Labute approximate surface area is 215 Å². The van der Waals surface area contributed by atoms with Gasteiger partial charge >= 0.3 is 0 Å². The van der Waals surface area contributed by atoms with Crippen molar-refractivity contribution in [2.45, 2.75) is 6.42 Å². The minimum atomic E-state index is -0.538. The number of nitrogens with one attached hydrogen (secondary N) is 2. The van der Waals surface area contributed by atoms with Crippen LogP contribution in [0.5, 0.6) is 5.75 Å². The normalized spacial score (nSPS) is 11.4. The SMILES string of the molecule is O=C(NO)c1ccc(C=C(CCOc2cccc3ccccc23)CNc2cccc3cccnc23)cc1. The first-order valence-electron chi connectivity index (χ1n) is 12.1. The smallest absolute Gasteiger partial charge is 0.274 e. The van der Waals surface area contributed by atoms with Crippen molar-refractivity contribution in [2.75, 3.05) is 18.5 Å². The molecule has 1 aromatic heterocycles. The van der Waals surface area contributed by atoms with Crippen LogP contribution in [0.15, 0.2) is 109 Å². The second kappa shape index (κ2) is 11.4. The number of fused-ring (bicyclic) bond motifs is 2. The molecule has 0 aliphatic carbocycles. The van der Waals surface area contributed by atoms with E-state index in [-0.39, 0.29) is 0 Å². The molecule has 5 rings (SSSR count). The van der Waals surface area contributed by atoms with E-state index < -0.39 is 5.91 Å². The van der Waals surface area contributed by atoms with E-state index in [1.54, 1.807) is 23.8 Å². The summed E-state index contributed by atoms with van der Waals surface area (Å²) in [6, 6.07) is 31.4. The Hall–Kier alpha value is -4.68. The number of rotatable bonds is 9. The van der Waals surface area contributed by atoms with Gasteiger partial charge in [0.1, 0.15) is 5.75 Å². The van der Waals surface area contributed by atoms with Crippen molar-refractivity contribution in [3.63, 3.8) is 0 Å². The van der Waals surface area contributed by atoms with Gasteiger partial charge in [-0.25, -0.2) is 5.48 Å². The average molecular weight is 490 g/mol. The Bertz CT molecular complexity index is 1550. The summed E-state index contributed by atoms with van der Waals surface area (Å²) in [6.07, 6.45) is 4.60. The summed E-state index contributed by atoms with van der Waals surface area (Å²) < 4.78 is 6.21. The van der Waals surface area contributed by atoms with Gasteiger partial charge in [-0.15, -0.1) is 0 Å². The Morgan fingerprint density at radius 1 is 0.865 bits per heavy atom. The van der Waals surface area contributed by atoms with E-state index >= 15 is 0 Å². The first-order valence-corrected chi connectivity index (χ1v) is 12.1. The number of hydrogen-bond donors (Lipinski definition) is 3. The number of ether oxygens (including phenoxy) is 1. The quantitative estimate of drug-likeness (QED) is 0.163. The monoisotopic (exact) mass is 489 g/mol. The number of carbonyl (C=O) groups is 1. The van der Waals surface area contributed by atoms with Gasteiger partial charge in [-0.2, -0.15) is 0 Å². The number of hydrogen-bond acceptors (Lipinski definition) is 5. The standard InChI is InChI=1S/C31H27N3O3/c35-31(34-36)26-15-13-22(14-16-26)20-23(21-33-28-11-3-8-25-9-5-18-32-30(25)28)17-19-37-29-12-4-7-24-6-1-2-10-27(24)29/h1-16,18,20,33,36H,17,19,21H2,(H,34,35). The number of anilines is 1. The van der Waals surface area contributed by atoms with Crippen molar-refractivity contribution in [3.8, 4) is 5.75 Å². The molecule has 0 atom stereocenters. The molecule has 0 saturated heterocycles. The minimum Gasteiger partial charge on any atom is -0.493 e. The molecule has 37 heavy (non-hydrogen) atoms. The molecule has 1 heterocycles. The molecule has 0 aliphatic rings. The number of hydroxylamine groups is 1. The van der Waals surface area contributed by atoms with Crippen LogP contribution in [0.3, 0.4) is 0 Å². The van der Waals surface area contributed by atoms with Crippen LogP contribution in [0.25, 0.3) is 27.8 Å². The van der Waals surface area contributed by atoms with E-state index in [0.717, 1.165) is 44.2 Å². The van der Waals surface area contributed by atoms with Gasteiger partial charge in [0.2, 0.25) is 0 Å². The van der Waals surface area contributed by atoms with Crippen molar-refractivity contribution < 1.29 is 14.7 Å². The number of aromatic nitrogens is 1. The van der Waals surface area contributed by atoms with E-state index in [1.807, 2.05) is 66.7 Å². The predicted molar refractivity (Wildman–Crippen MR) is 148 cm³/mol. The molecule has 0 aliphatic heterocycles. The van der Waals surface area contributed by atoms with Gasteiger partial charge in [0, 0.05) is 35.5 Å². The van der Waals surface area contributed by atoms with Crippen LogP contribution in [0.4, 0.5) is 5.69 Å². The van der Waals surface area contributed by atoms with Crippen molar-refractivity contribution >= 4 is 39.3 Å². The van der Waals surface area contributed by atoms with E-state index in [9.17, 15) is 4.79 Å². The van der Waals surface area contributed by atoms with Crippen LogP contribution in [0, 0.1) is 0 Å². The summed E-state index contributed by atoms with van der Waals surface area (Å²) in [5, 5.41) is 15.7. The fourth-order valence-electron chi connectivity index (χ4n) is 4.31. The largest absolute Gasteiger partial charge is 0.493 e. The summed E-state index contributed by atoms with van der Waals surface area (Å²) in [7, 11) is 0. The molecule has 0 spiro atoms. The van der Waals surface area contributed by atoms with Crippen molar-refractivity contribution in [2.24, 2.45) is 0 Å². The first-order chi connectivity index (χ1) is 18.2. The summed E-state index contributed by atoms with van der Waals surface area (Å²) in [4.78, 5) is 16.2. The highest BCUT2D eigenvalue weighted by Gasteiger charge is 2.07. The van der Waals surface area contributed by atoms with Gasteiger partial charge in [-0.1, -0.05) is 72.8 Å². The predicted octanol–water partition coefficient (Wildman–Crippen LogP) is 6.47. The van der Waals surface area contributed by atoms with E-state index in [2.05, 4.69) is 34.6 Å². The highest BCUT2D eigenvalue weighted by molar-refractivity contribution is 5.93. The molecular weight excluding hydrogens is 462 g/mol. The highest BCUT2D eigenvalue weighted by atomic mass is 16.5. The molecule has 6 heteroatoms. The Balaban J connectivity index is 1.35. The highest BCUT2D eigenvalue weighted by Crippen LogP contribution is 2.26. The van der Waals surface area contributed by atoms with Gasteiger partial charge in [0.25, 0.3) is 5.91 Å². The van der Waals surface area contributed by atoms with Gasteiger partial charge in [-0.3, -0.25) is 15.0 Å². The van der Waals surface area contributed by atoms with Crippen LogP contribution in [-0.2, 0) is 0 Å². The van der Waals surface area contributed by atoms with Gasteiger partial charge in [0.05, 0.1) is 17.8 Å². The molecule has 0 radical (unpaired) electrons. The fraction of sp³-hybridized carbons (Fsp3) is 0.0968. The molecule has 184 valence electrons. The minimum absolute atomic E-state index is 0.389. The van der Waals surface area contributed by atoms with Crippen LogP contribution >= 0.6 is 0 Å². The Morgan fingerprint density at radius 2 is 1.62 bits per heavy atom. The first kappa shape index (κ1) is 24.0. The molecule has 5 aromatic rings. The number of amides is 1. The molecule has 0 unspecified atom stereocenters. The van der Waals surface area contributed by atoms with Gasteiger partial charge in [-0.05, 0) is 46.9 Å². The fourth-order valence-corrected chi connectivity index (χ4v) is 4.31. The number of benzene rings is 4. The number of carbonyl (C=O) groups excluding carboxylic acids is 1. The van der Waals surface area contributed by atoms with Crippen molar-refractivity contribution in [3.05, 3.63) is 120 Å². The third-order valence-corrected chi connectivity index (χ3v) is 6.21. The summed E-state index contributed by atoms with van der Waals surface area (Å²) in [5.74, 6) is 0.326. The van der Waals surface area contributed by atoms with Crippen molar-refractivity contribution in [1.29, 1.82) is 0 Å². The molecule has 4 aromatic carbocycles. The number of pyridine rings is 1. The summed E-state index contributed by atoms with van der Waals surface area (Å²) in [6.45, 7) is 1.12. The second-order valence-electron chi connectivity index (χ2n) is 8.68. The van der Waals surface area contributed by atoms with Crippen LogP contribution in [0.2, 0.25) is 0 Å². The topological polar surface area (TPSA) is 83.5 Å². The zero-order valence-electron chi connectivity index (χ0n) is 20.2. The zero-order valence-corrected chi connectivity index (χ0v) is 20.2. The third kappa shape index (κ3) is 5.77. The van der Waals surface area contributed by atoms with E-state index in [4.69, 9.17) is 9.94 Å². The summed E-state index contributed by atoms with van der Waals surface area (Å²) in [5.41, 5.74) is 6.03. The van der Waals surface area contributed by atoms with Crippen LogP contribution in [-0.4, -0.2) is 29.3 Å². The maximum atomic E-state index is 11.7. The van der Waals surface area contributed by atoms with Crippen LogP contribution < -0.4 is 15.5 Å². The molecule has 0 bridgehead atoms. The Morgan fingerprint density at radius 3 is 2.49 bits per heavy atom. The molecule has 6 nitrogen and oxygen atoms in total. The lowest BCUT2D eigenvalue weighted by Crippen LogP contribution is -2.18. The van der Waals surface area contributed by atoms with Crippen LogP contribution in [0.1, 0.15) is 22.3 Å². The molecule has 0 saturated carbocycles. The lowest BCUT2D eigenvalue weighted by atomic mass is 10.1. The maximum absolute atomic E-state index is 11.7. The summed E-state index contributed by atoms with van der Waals surface area (Å²) >= 11 is 0. The molecule has 3 N–H and O–H groups in total. The van der Waals surface area contributed by atoms with E-state index in [1.165, 1.54) is 0 Å². The molecular formula is C31H27N3O3. The van der Waals surface area contributed by atoms with Gasteiger partial charge < -0.3 is 10.1 Å². The molecule has 0 fully saturated rings. The zero-order chi connectivity index (χ0) is 25.5. The van der Waals surface area contributed by atoms with Crippen molar-refractivity contribution in [1.82, 2.24) is 10.5 Å². The lowest BCUT2D eigenvalue weighted by Gasteiger charge is -2.14. The number of para-hydroxylation sites is 1. The van der Waals surface area contributed by atoms with E-state index in [0.29, 0.717) is 25.1 Å². The molecule has 1 amide bonds. The van der Waals surface area contributed by atoms with Gasteiger partial charge in [0.15, 0.2) is 0 Å². The Kier molecular flexibility index (Phi) is 7.39. The second-order valence-corrected chi connectivity index (χ2v) is 8.68. The lowest BCUT2D eigenvalue weighted by molar-refractivity contribution is 0.0706. The average Bonchev–Trinajstić information content (AvgIpc) is 2.96. The third-order valence-electron chi connectivity index (χ3n) is 6.21.